The van der Waals surface area contributed by atoms with E-state index >= 15 is 0 Å². The zero-order chi connectivity index (χ0) is 21.4. The first-order valence-electron chi connectivity index (χ1n) is 9.78. The summed E-state index contributed by atoms with van der Waals surface area (Å²) in [6.45, 7) is 2.98. The van der Waals surface area contributed by atoms with E-state index in [1.54, 1.807) is 20.4 Å². The molecule has 154 valence electrons. The maximum absolute atomic E-state index is 5.34. The van der Waals surface area contributed by atoms with Crippen LogP contribution in [0, 0.1) is 18.8 Å². The van der Waals surface area contributed by atoms with Crippen molar-refractivity contribution in [2.75, 3.05) is 14.2 Å². The minimum absolute atomic E-state index is 0.374. The Kier molecular flexibility index (Phi) is 4.73. The molecule has 4 aromatic rings. The number of pyridine rings is 1. The van der Waals surface area contributed by atoms with E-state index in [9.17, 15) is 0 Å². The number of hydrogen-bond donors (Lipinski definition) is 0. The van der Waals surface area contributed by atoms with E-state index in [1.807, 2.05) is 18.5 Å². The van der Waals surface area contributed by atoms with Crippen molar-refractivity contribution in [3.05, 3.63) is 71.3 Å². The molecule has 0 saturated heterocycles. The van der Waals surface area contributed by atoms with Gasteiger partial charge in [-0.25, -0.2) is 9.97 Å². The van der Waals surface area contributed by atoms with Crippen molar-refractivity contribution in [1.82, 2.24) is 29.3 Å². The van der Waals surface area contributed by atoms with Crippen molar-refractivity contribution < 1.29 is 9.47 Å². The van der Waals surface area contributed by atoms with Crippen molar-refractivity contribution in [2.24, 2.45) is 0 Å². The fourth-order valence-electron chi connectivity index (χ4n) is 3.66. The van der Waals surface area contributed by atoms with Crippen molar-refractivity contribution in [3.8, 4) is 34.7 Å². The maximum Gasteiger partial charge on any atom is 0.166 e. The van der Waals surface area contributed by atoms with Gasteiger partial charge in [-0.3, -0.25) is 4.57 Å². The third-order valence-electron chi connectivity index (χ3n) is 5.21. The number of nitrogens with zero attached hydrogens (tertiary/aromatic N) is 6. The van der Waals surface area contributed by atoms with E-state index in [4.69, 9.17) is 9.47 Å². The van der Waals surface area contributed by atoms with Crippen LogP contribution >= 0.6 is 0 Å². The summed E-state index contributed by atoms with van der Waals surface area (Å²) < 4.78 is 14.6. The zero-order valence-electron chi connectivity index (χ0n) is 17.5. The van der Waals surface area contributed by atoms with Crippen LogP contribution in [0.3, 0.4) is 0 Å². The quantitative estimate of drug-likeness (QED) is 0.424. The summed E-state index contributed by atoms with van der Waals surface area (Å²) in [6, 6.07) is 9.95. The molecule has 1 aromatic carbocycles. The standard InChI is InChI=1S/C23H20N6O2/c1-15-4-9-20-18(10-15)23-27-26-22(13-30-2)28(23)12-21-19(25-14-29(20)21)8-6-16-5-7-17(31-3)11-24-16/h4-5,7,9-11,14H,12-13H2,1-3H3. The van der Waals surface area contributed by atoms with E-state index in [0.717, 1.165) is 34.2 Å². The minimum atomic E-state index is 0.374. The summed E-state index contributed by atoms with van der Waals surface area (Å²) in [4.78, 5) is 8.91. The number of benzene rings is 1. The van der Waals surface area contributed by atoms with Gasteiger partial charge in [0.1, 0.15) is 30.1 Å². The molecule has 1 aliphatic rings. The Morgan fingerprint density at radius 3 is 2.74 bits per heavy atom. The van der Waals surface area contributed by atoms with Crippen molar-refractivity contribution in [1.29, 1.82) is 0 Å². The zero-order valence-corrected chi connectivity index (χ0v) is 17.5. The number of ether oxygens (including phenoxy) is 2. The number of aryl methyl sites for hydroxylation is 1. The first-order valence-corrected chi connectivity index (χ1v) is 9.78. The Morgan fingerprint density at radius 1 is 1.06 bits per heavy atom. The molecule has 0 unspecified atom stereocenters. The van der Waals surface area contributed by atoms with Crippen molar-refractivity contribution >= 4 is 0 Å². The van der Waals surface area contributed by atoms with Crippen LogP contribution in [0.2, 0.25) is 0 Å². The van der Waals surface area contributed by atoms with E-state index < -0.39 is 0 Å². The van der Waals surface area contributed by atoms with E-state index in [0.29, 0.717) is 30.3 Å². The van der Waals surface area contributed by atoms with Gasteiger partial charge in [-0.2, -0.15) is 0 Å². The Labute approximate surface area is 179 Å². The van der Waals surface area contributed by atoms with Gasteiger partial charge in [-0.1, -0.05) is 11.6 Å². The molecular weight excluding hydrogens is 392 g/mol. The summed E-state index contributed by atoms with van der Waals surface area (Å²) in [7, 11) is 3.26. The lowest BCUT2D eigenvalue weighted by Gasteiger charge is -2.08. The predicted octanol–water partition coefficient (Wildman–Crippen LogP) is 2.75. The van der Waals surface area contributed by atoms with E-state index in [-0.39, 0.29) is 0 Å². The molecule has 4 heterocycles. The van der Waals surface area contributed by atoms with Gasteiger partial charge < -0.3 is 14.0 Å². The second-order valence-electron chi connectivity index (χ2n) is 7.22. The van der Waals surface area contributed by atoms with Gasteiger partial charge in [0.05, 0.1) is 31.2 Å². The third kappa shape index (κ3) is 3.35. The normalized spacial score (nSPS) is 11.6. The number of rotatable bonds is 3. The molecule has 8 nitrogen and oxygen atoms in total. The van der Waals surface area contributed by atoms with Gasteiger partial charge >= 0.3 is 0 Å². The topological polar surface area (TPSA) is 79.9 Å². The molecule has 3 aromatic heterocycles. The predicted molar refractivity (Wildman–Crippen MR) is 114 cm³/mol. The van der Waals surface area contributed by atoms with Crippen molar-refractivity contribution in [3.63, 3.8) is 0 Å². The van der Waals surface area contributed by atoms with Crippen LogP contribution < -0.4 is 4.74 Å². The summed E-state index contributed by atoms with van der Waals surface area (Å²) in [5.74, 6) is 8.55. The largest absolute Gasteiger partial charge is 0.495 e. The average molecular weight is 412 g/mol. The van der Waals surface area contributed by atoms with E-state index in [1.165, 1.54) is 0 Å². The molecule has 0 saturated carbocycles. The smallest absolute Gasteiger partial charge is 0.166 e. The Bertz CT molecular complexity index is 1320. The lowest BCUT2D eigenvalue weighted by molar-refractivity contribution is 0.174. The van der Waals surface area contributed by atoms with Gasteiger partial charge in [0.25, 0.3) is 0 Å². The number of hydrogen-bond acceptors (Lipinski definition) is 6. The fourth-order valence-corrected chi connectivity index (χ4v) is 3.66. The van der Waals surface area contributed by atoms with Gasteiger partial charge in [0, 0.05) is 12.7 Å². The fraction of sp³-hybridized carbons (Fsp3) is 0.217. The second kappa shape index (κ2) is 7.70. The molecule has 0 fully saturated rings. The second-order valence-corrected chi connectivity index (χ2v) is 7.22. The highest BCUT2D eigenvalue weighted by Crippen LogP contribution is 2.33. The van der Waals surface area contributed by atoms with Gasteiger partial charge in [0.2, 0.25) is 0 Å². The summed E-state index contributed by atoms with van der Waals surface area (Å²) in [6.07, 6.45) is 3.46. The number of methoxy groups -OCH3 is 2. The number of fused-ring (bicyclic) bond motifs is 5. The number of aromatic nitrogens is 6. The maximum atomic E-state index is 5.34. The average Bonchev–Trinajstić information content (AvgIpc) is 3.34. The van der Waals surface area contributed by atoms with Crippen LogP contribution in [0.1, 0.15) is 28.5 Å². The first-order chi connectivity index (χ1) is 15.2. The molecule has 5 rings (SSSR count). The molecule has 0 bridgehead atoms. The molecule has 1 aliphatic heterocycles. The van der Waals surface area contributed by atoms with Crippen LogP contribution in [-0.2, 0) is 17.9 Å². The van der Waals surface area contributed by atoms with Gasteiger partial charge in [-0.05, 0) is 43.0 Å². The molecule has 0 spiro atoms. The Morgan fingerprint density at radius 2 is 1.97 bits per heavy atom. The third-order valence-corrected chi connectivity index (χ3v) is 5.21. The van der Waals surface area contributed by atoms with Crippen LogP contribution in [0.15, 0.2) is 42.9 Å². The molecule has 0 amide bonds. The number of imidazole rings is 1. The molecular formula is C23H20N6O2. The molecule has 0 radical (unpaired) electrons. The van der Waals surface area contributed by atoms with Crippen LogP contribution in [0.25, 0.3) is 17.1 Å². The Balaban J connectivity index is 1.64. The van der Waals surface area contributed by atoms with Crippen LogP contribution in [0.4, 0.5) is 0 Å². The lowest BCUT2D eigenvalue weighted by Crippen LogP contribution is -2.09. The van der Waals surface area contributed by atoms with Crippen LogP contribution in [0.5, 0.6) is 5.75 Å². The molecule has 0 atom stereocenters. The van der Waals surface area contributed by atoms with Crippen molar-refractivity contribution in [2.45, 2.75) is 20.1 Å². The minimum Gasteiger partial charge on any atom is -0.495 e. The summed E-state index contributed by atoms with van der Waals surface area (Å²) >= 11 is 0. The highest BCUT2D eigenvalue weighted by molar-refractivity contribution is 5.70. The first kappa shape index (κ1) is 19.0. The highest BCUT2D eigenvalue weighted by atomic mass is 16.5. The Hall–Kier alpha value is -3.96. The van der Waals surface area contributed by atoms with Gasteiger partial charge in [0.15, 0.2) is 11.6 Å². The molecule has 8 heteroatoms. The van der Waals surface area contributed by atoms with Crippen LogP contribution in [-0.4, -0.2) is 43.5 Å². The highest BCUT2D eigenvalue weighted by Gasteiger charge is 2.25. The SMILES string of the molecule is COCc1nnc2n1Cc1c(C#Cc3ccc(OC)cn3)ncn1-c1ccc(C)cc1-2. The summed E-state index contributed by atoms with van der Waals surface area (Å²) in [5, 5.41) is 8.82. The molecule has 0 aliphatic carbocycles. The molecule has 0 N–H and O–H groups in total. The van der Waals surface area contributed by atoms with Gasteiger partial charge in [-0.15, -0.1) is 10.2 Å². The monoisotopic (exact) mass is 412 g/mol. The van der Waals surface area contributed by atoms with E-state index in [2.05, 4.69) is 66.3 Å². The molecule has 31 heavy (non-hydrogen) atoms. The lowest BCUT2D eigenvalue weighted by atomic mass is 10.1. The summed E-state index contributed by atoms with van der Waals surface area (Å²) in [5.41, 5.74) is 5.45.